The number of carbonyl (C=O) groups is 1. The Morgan fingerprint density at radius 2 is 2.13 bits per heavy atom. The number of nitrogens with zero attached hydrogens (tertiary/aromatic N) is 1. The third-order valence-corrected chi connectivity index (χ3v) is 2.43. The molecule has 0 spiro atoms. The van der Waals surface area contributed by atoms with Crippen LogP contribution in [0.2, 0.25) is 5.02 Å². The molecular weight excluding hydrogens is 241 g/mol. The Balaban J connectivity index is 2.93. The van der Waals surface area contributed by atoms with Gasteiger partial charge in [-0.1, -0.05) is 17.7 Å². The van der Waals surface area contributed by atoms with E-state index in [-0.39, 0.29) is 28.8 Å². The predicted octanol–water partition coefficient (Wildman–Crippen LogP) is 2.60. The number of non-ortho nitro benzene ring substituents is 1. The number of hydrogen-bond acceptors (Lipinski definition) is 3. The maximum absolute atomic E-state index is 11.0. The molecule has 0 unspecified atom stereocenters. The summed E-state index contributed by atoms with van der Waals surface area (Å²) in [5.74, 6) is -0.264. The summed E-state index contributed by atoms with van der Waals surface area (Å²) in [5, 5.41) is 10.6. The minimum Gasteiger partial charge on any atom is -0.298 e. The van der Waals surface area contributed by atoms with Gasteiger partial charge >= 0.3 is 0 Å². The van der Waals surface area contributed by atoms with E-state index < -0.39 is 4.92 Å². The maximum atomic E-state index is 11.0. The first-order valence-electron chi connectivity index (χ1n) is 4.05. The number of nitro groups is 1. The van der Waals surface area contributed by atoms with Crippen LogP contribution in [0.5, 0.6) is 0 Å². The normalized spacial score (nSPS) is 10.0. The predicted molar refractivity (Wildman–Crippen MR) is 57.5 cm³/mol. The van der Waals surface area contributed by atoms with E-state index in [1.165, 1.54) is 18.2 Å². The van der Waals surface area contributed by atoms with Gasteiger partial charge in [-0.2, -0.15) is 0 Å². The Morgan fingerprint density at radius 1 is 1.47 bits per heavy atom. The molecule has 1 aromatic carbocycles. The molecular formula is C9H7Cl2NO3. The van der Waals surface area contributed by atoms with Gasteiger partial charge in [0.1, 0.15) is 0 Å². The molecule has 0 saturated heterocycles. The lowest BCUT2D eigenvalue weighted by molar-refractivity contribution is -0.384. The van der Waals surface area contributed by atoms with Crippen LogP contribution in [0.1, 0.15) is 5.56 Å². The third kappa shape index (κ3) is 3.18. The summed E-state index contributed by atoms with van der Waals surface area (Å²) in [7, 11) is 0. The summed E-state index contributed by atoms with van der Waals surface area (Å²) in [6, 6.07) is 3.99. The standard InChI is InChI=1S/C9H7Cl2NO3/c10-5-8(13)3-6-1-2-7(12(14)15)4-9(6)11/h1-2,4H,3,5H2. The average molecular weight is 248 g/mol. The molecule has 0 saturated carbocycles. The first-order valence-corrected chi connectivity index (χ1v) is 4.96. The van der Waals surface area contributed by atoms with Gasteiger partial charge in [-0.15, -0.1) is 11.6 Å². The number of benzene rings is 1. The van der Waals surface area contributed by atoms with Crippen LogP contribution in [0.15, 0.2) is 18.2 Å². The van der Waals surface area contributed by atoms with Gasteiger partial charge in [0.2, 0.25) is 0 Å². The van der Waals surface area contributed by atoms with Crippen molar-refractivity contribution in [1.82, 2.24) is 0 Å². The fraction of sp³-hybridized carbons (Fsp3) is 0.222. The number of nitro benzene ring substituents is 1. The van der Waals surface area contributed by atoms with E-state index >= 15 is 0 Å². The van der Waals surface area contributed by atoms with Crippen LogP contribution in [0.25, 0.3) is 0 Å². The molecule has 0 aliphatic heterocycles. The number of Topliss-reactive ketones (excluding diaryl/α,β-unsaturated/α-hetero) is 1. The molecule has 0 N–H and O–H groups in total. The molecule has 0 fully saturated rings. The fourth-order valence-corrected chi connectivity index (χ4v) is 1.39. The lowest BCUT2D eigenvalue weighted by atomic mass is 10.1. The van der Waals surface area contributed by atoms with Gasteiger partial charge in [0.15, 0.2) is 5.78 Å². The summed E-state index contributed by atoms with van der Waals surface area (Å²) in [4.78, 5) is 20.9. The molecule has 1 rings (SSSR count). The average Bonchev–Trinajstić information content (AvgIpc) is 2.20. The van der Waals surface area contributed by atoms with Crippen molar-refractivity contribution in [3.63, 3.8) is 0 Å². The summed E-state index contributed by atoms with van der Waals surface area (Å²) < 4.78 is 0. The highest BCUT2D eigenvalue weighted by molar-refractivity contribution is 6.32. The summed E-state index contributed by atoms with van der Waals surface area (Å²) in [6.07, 6.45) is 0.0975. The van der Waals surface area contributed by atoms with Crippen molar-refractivity contribution >= 4 is 34.7 Å². The number of ketones is 1. The second-order valence-electron chi connectivity index (χ2n) is 2.88. The van der Waals surface area contributed by atoms with Crippen molar-refractivity contribution in [2.75, 3.05) is 5.88 Å². The van der Waals surface area contributed by atoms with E-state index in [0.29, 0.717) is 5.56 Å². The lowest BCUT2D eigenvalue weighted by Crippen LogP contribution is -2.04. The van der Waals surface area contributed by atoms with Gasteiger partial charge in [0, 0.05) is 18.6 Å². The van der Waals surface area contributed by atoms with Gasteiger partial charge in [-0.25, -0.2) is 0 Å². The van der Waals surface area contributed by atoms with Gasteiger partial charge in [0.25, 0.3) is 5.69 Å². The van der Waals surface area contributed by atoms with Crippen LogP contribution in [0, 0.1) is 10.1 Å². The Hall–Kier alpha value is -1.13. The number of rotatable bonds is 4. The van der Waals surface area contributed by atoms with E-state index in [2.05, 4.69) is 0 Å². The molecule has 4 nitrogen and oxygen atoms in total. The Morgan fingerprint density at radius 3 is 2.60 bits per heavy atom. The summed E-state index contributed by atoms with van der Waals surface area (Å²) >= 11 is 11.1. The molecule has 0 atom stereocenters. The quantitative estimate of drug-likeness (QED) is 0.467. The summed E-state index contributed by atoms with van der Waals surface area (Å²) in [5.41, 5.74) is 0.454. The Kier molecular flexibility index (Phi) is 4.05. The minimum atomic E-state index is -0.543. The number of alkyl halides is 1. The minimum absolute atomic E-state index is 0.0900. The monoisotopic (exact) mass is 247 g/mol. The SMILES string of the molecule is O=C(CCl)Cc1ccc([N+](=O)[O-])cc1Cl. The molecule has 1 aromatic rings. The zero-order valence-corrected chi connectivity index (χ0v) is 9.09. The zero-order valence-electron chi connectivity index (χ0n) is 7.57. The van der Waals surface area contributed by atoms with Crippen molar-refractivity contribution in [3.05, 3.63) is 38.9 Å². The molecule has 0 bridgehead atoms. The van der Waals surface area contributed by atoms with Gasteiger partial charge in [-0.05, 0) is 5.56 Å². The van der Waals surface area contributed by atoms with E-state index in [4.69, 9.17) is 23.2 Å². The molecule has 0 heterocycles. The van der Waals surface area contributed by atoms with E-state index in [1.807, 2.05) is 0 Å². The molecule has 15 heavy (non-hydrogen) atoms. The second kappa shape index (κ2) is 5.09. The van der Waals surface area contributed by atoms with Crippen molar-refractivity contribution in [1.29, 1.82) is 0 Å². The van der Waals surface area contributed by atoms with Crippen LogP contribution in [-0.4, -0.2) is 16.6 Å². The van der Waals surface area contributed by atoms with Crippen molar-refractivity contribution in [2.45, 2.75) is 6.42 Å². The van der Waals surface area contributed by atoms with Crippen LogP contribution < -0.4 is 0 Å². The maximum Gasteiger partial charge on any atom is 0.270 e. The van der Waals surface area contributed by atoms with Gasteiger partial charge < -0.3 is 0 Å². The molecule has 0 aliphatic carbocycles. The van der Waals surface area contributed by atoms with Gasteiger partial charge in [0.05, 0.1) is 15.8 Å². The lowest BCUT2D eigenvalue weighted by Gasteiger charge is -2.01. The summed E-state index contributed by atoms with van der Waals surface area (Å²) in [6.45, 7) is 0. The Labute approximate surface area is 95.9 Å². The van der Waals surface area contributed by atoms with Crippen LogP contribution in [-0.2, 0) is 11.2 Å². The topological polar surface area (TPSA) is 60.2 Å². The van der Waals surface area contributed by atoms with Gasteiger partial charge in [-0.3, -0.25) is 14.9 Å². The fourth-order valence-electron chi connectivity index (χ4n) is 1.05. The molecule has 0 radical (unpaired) electrons. The van der Waals surface area contributed by atoms with Crippen molar-refractivity contribution < 1.29 is 9.72 Å². The van der Waals surface area contributed by atoms with Crippen LogP contribution in [0.3, 0.4) is 0 Å². The zero-order chi connectivity index (χ0) is 11.4. The molecule has 0 aromatic heterocycles. The van der Waals surface area contributed by atoms with Crippen LogP contribution in [0.4, 0.5) is 5.69 Å². The highest BCUT2D eigenvalue weighted by atomic mass is 35.5. The van der Waals surface area contributed by atoms with E-state index in [0.717, 1.165) is 0 Å². The van der Waals surface area contributed by atoms with Crippen LogP contribution >= 0.6 is 23.2 Å². The third-order valence-electron chi connectivity index (χ3n) is 1.78. The van der Waals surface area contributed by atoms with E-state index in [1.54, 1.807) is 0 Å². The van der Waals surface area contributed by atoms with Crippen molar-refractivity contribution in [3.8, 4) is 0 Å². The van der Waals surface area contributed by atoms with E-state index in [9.17, 15) is 14.9 Å². The molecule has 0 aliphatic rings. The molecule has 80 valence electrons. The van der Waals surface area contributed by atoms with Crippen molar-refractivity contribution in [2.24, 2.45) is 0 Å². The molecule has 0 amide bonds. The number of halogens is 2. The number of carbonyl (C=O) groups excluding carboxylic acids is 1. The smallest absolute Gasteiger partial charge is 0.270 e. The second-order valence-corrected chi connectivity index (χ2v) is 3.56. The first-order chi connectivity index (χ1) is 7.04. The highest BCUT2D eigenvalue weighted by Crippen LogP contribution is 2.22. The number of hydrogen-bond donors (Lipinski definition) is 0. The first kappa shape index (κ1) is 11.9. The largest absolute Gasteiger partial charge is 0.298 e. The molecule has 6 heteroatoms. The Bertz CT molecular complexity index is 406. The highest BCUT2D eigenvalue weighted by Gasteiger charge is 2.11.